The van der Waals surface area contributed by atoms with Crippen molar-refractivity contribution >= 4 is 18.3 Å². The van der Waals surface area contributed by atoms with Crippen LogP contribution in [-0.4, -0.2) is 25.1 Å². The van der Waals surface area contributed by atoms with E-state index < -0.39 is 6.04 Å². The fourth-order valence-electron chi connectivity index (χ4n) is 1.45. The zero-order valence-electron chi connectivity index (χ0n) is 10.8. The summed E-state index contributed by atoms with van der Waals surface area (Å²) in [5.41, 5.74) is 6.59. The van der Waals surface area contributed by atoms with Crippen LogP contribution in [0.5, 0.6) is 5.75 Å². The molecule has 18 heavy (non-hydrogen) atoms. The molecule has 1 aromatic rings. The molecule has 0 bridgehead atoms. The maximum Gasteiger partial charge on any atom is 0.236 e. The van der Waals surface area contributed by atoms with E-state index >= 15 is 0 Å². The number of halogens is 1. The van der Waals surface area contributed by atoms with Gasteiger partial charge in [-0.25, -0.2) is 0 Å². The molecule has 0 fully saturated rings. The molecular formula is C13H21ClN2O2. The lowest BCUT2D eigenvalue weighted by Gasteiger charge is -2.08. The molecule has 3 N–H and O–H groups in total. The number of rotatable bonds is 6. The van der Waals surface area contributed by atoms with Crippen LogP contribution in [0.2, 0.25) is 0 Å². The predicted molar refractivity (Wildman–Crippen MR) is 75.2 cm³/mol. The zero-order chi connectivity index (χ0) is 12.7. The summed E-state index contributed by atoms with van der Waals surface area (Å²) in [5, 5.41) is 2.78. The summed E-state index contributed by atoms with van der Waals surface area (Å²) in [6.45, 7) is 4.88. The van der Waals surface area contributed by atoms with Crippen LogP contribution in [0.4, 0.5) is 0 Å². The molecule has 1 unspecified atom stereocenters. The monoisotopic (exact) mass is 272 g/mol. The van der Waals surface area contributed by atoms with Gasteiger partial charge in [0.15, 0.2) is 0 Å². The van der Waals surface area contributed by atoms with E-state index in [4.69, 9.17) is 10.5 Å². The summed E-state index contributed by atoms with van der Waals surface area (Å²) in [4.78, 5) is 11.2. The fraction of sp³-hybridized carbons (Fsp3) is 0.462. The maximum absolute atomic E-state index is 11.2. The molecule has 4 nitrogen and oxygen atoms in total. The molecule has 0 heterocycles. The predicted octanol–water partition coefficient (Wildman–Crippen LogP) is 1.51. The Balaban J connectivity index is 0.00000289. The SMILES string of the molecule is CCOc1cccc(CCNC(=O)C(C)N)c1.Cl. The van der Waals surface area contributed by atoms with Gasteiger partial charge in [0, 0.05) is 6.54 Å². The number of benzene rings is 1. The average molecular weight is 273 g/mol. The van der Waals surface area contributed by atoms with E-state index in [0.717, 1.165) is 17.7 Å². The molecule has 102 valence electrons. The van der Waals surface area contributed by atoms with Crippen molar-refractivity contribution in [3.05, 3.63) is 29.8 Å². The van der Waals surface area contributed by atoms with Gasteiger partial charge in [-0.1, -0.05) is 12.1 Å². The van der Waals surface area contributed by atoms with E-state index in [1.165, 1.54) is 0 Å². The third-order valence-corrected chi connectivity index (χ3v) is 2.34. The van der Waals surface area contributed by atoms with E-state index in [1.54, 1.807) is 6.92 Å². The van der Waals surface area contributed by atoms with Gasteiger partial charge in [0.25, 0.3) is 0 Å². The van der Waals surface area contributed by atoms with E-state index in [9.17, 15) is 4.79 Å². The van der Waals surface area contributed by atoms with Crippen LogP contribution in [0.1, 0.15) is 19.4 Å². The number of hydrogen-bond acceptors (Lipinski definition) is 3. The molecule has 0 radical (unpaired) electrons. The van der Waals surface area contributed by atoms with Crippen molar-refractivity contribution in [2.24, 2.45) is 5.73 Å². The number of ether oxygens (including phenoxy) is 1. The van der Waals surface area contributed by atoms with Crippen molar-refractivity contribution in [1.82, 2.24) is 5.32 Å². The first-order valence-electron chi connectivity index (χ1n) is 5.88. The van der Waals surface area contributed by atoms with Crippen LogP contribution in [0.15, 0.2) is 24.3 Å². The molecule has 0 aliphatic carbocycles. The molecular weight excluding hydrogens is 252 g/mol. The highest BCUT2D eigenvalue weighted by Gasteiger charge is 2.05. The van der Waals surface area contributed by atoms with Gasteiger partial charge in [0.2, 0.25) is 5.91 Å². The number of carbonyl (C=O) groups excluding carboxylic acids is 1. The lowest BCUT2D eigenvalue weighted by molar-refractivity contribution is -0.121. The van der Waals surface area contributed by atoms with Crippen LogP contribution in [-0.2, 0) is 11.2 Å². The van der Waals surface area contributed by atoms with Gasteiger partial charge in [-0.2, -0.15) is 0 Å². The Hall–Kier alpha value is -1.26. The summed E-state index contributed by atoms with van der Waals surface area (Å²) >= 11 is 0. The van der Waals surface area contributed by atoms with Crippen molar-refractivity contribution in [2.45, 2.75) is 26.3 Å². The molecule has 0 aliphatic rings. The van der Waals surface area contributed by atoms with Gasteiger partial charge in [0.05, 0.1) is 12.6 Å². The molecule has 5 heteroatoms. The van der Waals surface area contributed by atoms with Crippen molar-refractivity contribution in [2.75, 3.05) is 13.2 Å². The van der Waals surface area contributed by atoms with E-state index in [1.807, 2.05) is 31.2 Å². The first kappa shape index (κ1) is 16.7. The van der Waals surface area contributed by atoms with Gasteiger partial charge in [-0.05, 0) is 38.0 Å². The van der Waals surface area contributed by atoms with Crippen molar-refractivity contribution in [3.63, 3.8) is 0 Å². The molecule has 1 aromatic carbocycles. The molecule has 1 amide bonds. The number of amides is 1. The van der Waals surface area contributed by atoms with Gasteiger partial charge in [-0.3, -0.25) is 4.79 Å². The molecule has 0 aliphatic heterocycles. The molecule has 1 rings (SSSR count). The second-order valence-corrected chi connectivity index (χ2v) is 3.91. The first-order valence-corrected chi connectivity index (χ1v) is 5.88. The third-order valence-electron chi connectivity index (χ3n) is 2.34. The number of nitrogens with two attached hydrogens (primary N) is 1. The minimum absolute atomic E-state index is 0. The smallest absolute Gasteiger partial charge is 0.236 e. The van der Waals surface area contributed by atoms with Gasteiger partial charge in [0.1, 0.15) is 5.75 Å². The summed E-state index contributed by atoms with van der Waals surface area (Å²) in [5.74, 6) is 0.745. The quantitative estimate of drug-likeness (QED) is 0.825. The van der Waals surface area contributed by atoms with E-state index in [-0.39, 0.29) is 18.3 Å². The van der Waals surface area contributed by atoms with Crippen LogP contribution in [0.25, 0.3) is 0 Å². The summed E-state index contributed by atoms with van der Waals surface area (Å²) in [6.07, 6.45) is 0.777. The molecule has 0 saturated heterocycles. The topological polar surface area (TPSA) is 64.3 Å². The summed E-state index contributed by atoms with van der Waals surface area (Å²) in [7, 11) is 0. The second-order valence-electron chi connectivity index (χ2n) is 3.91. The standard InChI is InChI=1S/C13H20N2O2.ClH/c1-3-17-12-6-4-5-11(9-12)7-8-15-13(16)10(2)14;/h4-6,9-10H,3,7-8,14H2,1-2H3,(H,15,16);1H. The lowest BCUT2D eigenvalue weighted by Crippen LogP contribution is -2.39. The van der Waals surface area contributed by atoms with Gasteiger partial charge >= 0.3 is 0 Å². The fourth-order valence-corrected chi connectivity index (χ4v) is 1.45. The van der Waals surface area contributed by atoms with Crippen LogP contribution >= 0.6 is 12.4 Å². The largest absolute Gasteiger partial charge is 0.494 e. The highest BCUT2D eigenvalue weighted by atomic mass is 35.5. The van der Waals surface area contributed by atoms with Crippen molar-refractivity contribution < 1.29 is 9.53 Å². The van der Waals surface area contributed by atoms with Gasteiger partial charge in [-0.15, -0.1) is 12.4 Å². The molecule has 0 spiro atoms. The normalized spacial score (nSPS) is 11.3. The summed E-state index contributed by atoms with van der Waals surface area (Å²) < 4.78 is 5.40. The Morgan fingerprint density at radius 2 is 2.22 bits per heavy atom. The van der Waals surface area contributed by atoms with Gasteiger partial charge < -0.3 is 15.8 Å². The summed E-state index contributed by atoms with van der Waals surface area (Å²) in [6, 6.07) is 7.42. The lowest BCUT2D eigenvalue weighted by atomic mass is 10.1. The zero-order valence-corrected chi connectivity index (χ0v) is 11.6. The van der Waals surface area contributed by atoms with Crippen molar-refractivity contribution in [3.8, 4) is 5.75 Å². The van der Waals surface area contributed by atoms with Crippen molar-refractivity contribution in [1.29, 1.82) is 0 Å². The molecule has 0 aromatic heterocycles. The molecule has 1 atom stereocenters. The third kappa shape index (κ3) is 5.89. The van der Waals surface area contributed by atoms with Crippen LogP contribution in [0, 0.1) is 0 Å². The second kappa shape index (κ2) is 8.78. The molecule has 0 saturated carbocycles. The number of hydrogen-bond donors (Lipinski definition) is 2. The number of carbonyl (C=O) groups is 1. The van der Waals surface area contributed by atoms with Crippen LogP contribution < -0.4 is 15.8 Å². The average Bonchev–Trinajstić information content (AvgIpc) is 2.29. The Labute approximate surface area is 114 Å². The minimum Gasteiger partial charge on any atom is -0.494 e. The minimum atomic E-state index is -0.454. The highest BCUT2D eigenvalue weighted by molar-refractivity contribution is 5.85. The van der Waals surface area contributed by atoms with Crippen LogP contribution in [0.3, 0.4) is 0 Å². The Morgan fingerprint density at radius 3 is 2.83 bits per heavy atom. The number of nitrogens with one attached hydrogen (secondary N) is 1. The Bertz CT molecular complexity index is 370. The van der Waals surface area contributed by atoms with E-state index in [0.29, 0.717) is 13.2 Å². The highest BCUT2D eigenvalue weighted by Crippen LogP contribution is 2.13. The first-order chi connectivity index (χ1) is 8.13. The van der Waals surface area contributed by atoms with E-state index in [2.05, 4.69) is 5.32 Å². The Kier molecular flexibility index (Phi) is 8.16. The Morgan fingerprint density at radius 1 is 1.50 bits per heavy atom. The maximum atomic E-state index is 11.2.